The van der Waals surface area contributed by atoms with Crippen LogP contribution in [-0.4, -0.2) is 59.9 Å². The number of nitrogens with one attached hydrogen (secondary N) is 1. The van der Waals surface area contributed by atoms with Gasteiger partial charge in [0.1, 0.15) is 12.9 Å². The van der Waals surface area contributed by atoms with Crippen LogP contribution in [0.3, 0.4) is 0 Å². The summed E-state index contributed by atoms with van der Waals surface area (Å²) in [5.41, 5.74) is 2.13. The molecule has 4 rings (SSSR count). The number of carbonyl (C=O) groups is 2. The summed E-state index contributed by atoms with van der Waals surface area (Å²) >= 11 is 0. The molecule has 0 bridgehead atoms. The first-order chi connectivity index (χ1) is 13.6. The van der Waals surface area contributed by atoms with Gasteiger partial charge in [-0.3, -0.25) is 19.4 Å². The van der Waals surface area contributed by atoms with E-state index in [1.807, 2.05) is 29.2 Å². The third-order valence-electron chi connectivity index (χ3n) is 4.99. The molecule has 1 aromatic carbocycles. The number of rotatable bonds is 5. The zero-order valence-electron chi connectivity index (χ0n) is 15.2. The highest BCUT2D eigenvalue weighted by molar-refractivity contribution is 6.00. The lowest BCUT2D eigenvalue weighted by Gasteiger charge is -2.33. The maximum atomic E-state index is 13.2. The minimum Gasteiger partial charge on any atom is -0.480 e. The number of carbonyl (C=O) groups excluding carboxylic acids is 1. The highest BCUT2D eigenvalue weighted by Crippen LogP contribution is 2.29. The summed E-state index contributed by atoms with van der Waals surface area (Å²) in [5, 5.41) is 19.9. The van der Waals surface area contributed by atoms with Gasteiger partial charge in [0.15, 0.2) is 5.82 Å². The summed E-state index contributed by atoms with van der Waals surface area (Å²) in [7, 11) is 0. The van der Waals surface area contributed by atoms with Crippen molar-refractivity contribution >= 4 is 11.9 Å². The largest absolute Gasteiger partial charge is 0.480 e. The Morgan fingerprint density at radius 2 is 2.11 bits per heavy atom. The lowest BCUT2D eigenvalue weighted by Crippen LogP contribution is -2.40. The summed E-state index contributed by atoms with van der Waals surface area (Å²) in [4.78, 5) is 30.3. The predicted octanol–water partition coefficient (Wildman–Crippen LogP) is 1.77. The molecule has 1 atom stereocenters. The number of aromatic nitrogens is 5. The third-order valence-corrected chi connectivity index (χ3v) is 4.99. The van der Waals surface area contributed by atoms with Crippen molar-refractivity contribution in [3.05, 3.63) is 54.1 Å². The van der Waals surface area contributed by atoms with Gasteiger partial charge < -0.3 is 10.0 Å². The number of piperidine rings is 1. The van der Waals surface area contributed by atoms with Gasteiger partial charge in [0.05, 0.1) is 5.56 Å². The number of hydrogen-bond acceptors (Lipinski definition) is 5. The molecule has 28 heavy (non-hydrogen) atoms. The molecule has 1 aliphatic rings. The average Bonchev–Trinajstić information content (AvgIpc) is 3.39. The Balaban J connectivity index is 1.57. The minimum absolute atomic E-state index is 0.0528. The lowest BCUT2D eigenvalue weighted by atomic mass is 9.93. The van der Waals surface area contributed by atoms with Crippen molar-refractivity contribution in [3.8, 4) is 11.4 Å². The van der Waals surface area contributed by atoms with Crippen molar-refractivity contribution in [1.82, 2.24) is 29.9 Å². The van der Waals surface area contributed by atoms with Crippen LogP contribution in [0.1, 0.15) is 34.8 Å². The molecule has 2 aromatic heterocycles. The molecule has 3 heterocycles. The van der Waals surface area contributed by atoms with Crippen molar-refractivity contribution in [3.63, 3.8) is 0 Å². The summed E-state index contributed by atoms with van der Waals surface area (Å²) < 4.78 is 1.50. The van der Waals surface area contributed by atoms with E-state index in [0.717, 1.165) is 18.5 Å². The van der Waals surface area contributed by atoms with Crippen molar-refractivity contribution in [1.29, 1.82) is 0 Å². The van der Waals surface area contributed by atoms with Gasteiger partial charge in [0.2, 0.25) is 0 Å². The number of nitrogens with zero attached hydrogens (tertiary/aromatic N) is 5. The van der Waals surface area contributed by atoms with Crippen LogP contribution in [0.15, 0.2) is 42.9 Å². The predicted molar refractivity (Wildman–Crippen MR) is 99.6 cm³/mol. The Morgan fingerprint density at radius 3 is 2.89 bits per heavy atom. The standard InChI is InChI=1S/C19H20N6O3/c26-17(27)11-25-16(7-8-22-25)13-4-3-9-24(10-13)19(28)15-6-2-1-5-14(15)18-20-12-21-23-18/h1-2,5-8,12-13H,3-4,9-11H2,(H,26,27)(H,20,21,23). The number of H-pyrrole nitrogens is 1. The van der Waals surface area contributed by atoms with Crippen LogP contribution < -0.4 is 0 Å². The normalized spacial score (nSPS) is 16.9. The number of aromatic amines is 1. The van der Waals surface area contributed by atoms with Gasteiger partial charge in [0, 0.05) is 36.5 Å². The fourth-order valence-corrected chi connectivity index (χ4v) is 3.73. The first-order valence-corrected chi connectivity index (χ1v) is 9.11. The summed E-state index contributed by atoms with van der Waals surface area (Å²) in [6.45, 7) is 1.00. The van der Waals surface area contributed by atoms with E-state index in [0.29, 0.717) is 30.0 Å². The fourth-order valence-electron chi connectivity index (χ4n) is 3.73. The number of likely N-dealkylation sites (tertiary alicyclic amines) is 1. The third kappa shape index (κ3) is 3.51. The van der Waals surface area contributed by atoms with Crippen molar-refractivity contribution in [2.75, 3.05) is 13.1 Å². The zero-order chi connectivity index (χ0) is 19.5. The van der Waals surface area contributed by atoms with Crippen molar-refractivity contribution < 1.29 is 14.7 Å². The summed E-state index contributed by atoms with van der Waals surface area (Å²) in [6, 6.07) is 9.16. The maximum Gasteiger partial charge on any atom is 0.325 e. The van der Waals surface area contributed by atoms with Gasteiger partial charge in [-0.1, -0.05) is 18.2 Å². The molecule has 0 radical (unpaired) electrons. The Kier molecular flexibility index (Phi) is 4.88. The molecule has 0 spiro atoms. The number of carboxylic acid groups (broad SMARTS) is 1. The highest BCUT2D eigenvalue weighted by atomic mass is 16.4. The van der Waals surface area contributed by atoms with Crippen LogP contribution >= 0.6 is 0 Å². The van der Waals surface area contributed by atoms with E-state index in [1.165, 1.54) is 11.0 Å². The molecule has 2 N–H and O–H groups in total. The molecule has 1 saturated heterocycles. The minimum atomic E-state index is -0.935. The molecule has 1 aliphatic heterocycles. The number of benzene rings is 1. The second-order valence-electron chi connectivity index (χ2n) is 6.78. The fraction of sp³-hybridized carbons (Fsp3) is 0.316. The number of amides is 1. The Labute approximate surface area is 161 Å². The van der Waals surface area contributed by atoms with Gasteiger partial charge in [0.25, 0.3) is 5.91 Å². The quantitative estimate of drug-likeness (QED) is 0.697. The molecule has 0 aliphatic carbocycles. The molecule has 3 aromatic rings. The molecule has 1 fully saturated rings. The summed E-state index contributed by atoms with van der Waals surface area (Å²) in [6.07, 6.45) is 4.76. The Hall–Kier alpha value is -3.49. The van der Waals surface area contributed by atoms with Crippen molar-refractivity contribution in [2.45, 2.75) is 25.3 Å². The topological polar surface area (TPSA) is 117 Å². The number of hydrogen-bond donors (Lipinski definition) is 2. The van der Waals surface area contributed by atoms with E-state index in [2.05, 4.69) is 20.3 Å². The van der Waals surface area contributed by atoms with E-state index in [9.17, 15) is 9.59 Å². The number of aliphatic carboxylic acids is 1. The molecule has 1 amide bonds. The maximum absolute atomic E-state index is 13.2. The average molecular weight is 380 g/mol. The molecular formula is C19H20N6O3. The van der Waals surface area contributed by atoms with Crippen LogP contribution in [0.5, 0.6) is 0 Å². The van der Waals surface area contributed by atoms with Crippen LogP contribution in [0.4, 0.5) is 0 Å². The molecule has 1 unspecified atom stereocenters. The van der Waals surface area contributed by atoms with Crippen LogP contribution in [-0.2, 0) is 11.3 Å². The summed E-state index contributed by atoms with van der Waals surface area (Å²) in [5.74, 6) is -0.398. The van der Waals surface area contributed by atoms with Gasteiger partial charge in [-0.25, -0.2) is 4.98 Å². The van der Waals surface area contributed by atoms with E-state index in [-0.39, 0.29) is 18.4 Å². The van der Waals surface area contributed by atoms with Crippen molar-refractivity contribution in [2.24, 2.45) is 0 Å². The van der Waals surface area contributed by atoms with Gasteiger partial charge in [-0.05, 0) is 25.0 Å². The van der Waals surface area contributed by atoms with Crippen LogP contribution in [0.2, 0.25) is 0 Å². The smallest absolute Gasteiger partial charge is 0.325 e. The molecule has 0 saturated carbocycles. The molecule has 9 nitrogen and oxygen atoms in total. The Bertz CT molecular complexity index is 981. The van der Waals surface area contributed by atoms with Crippen LogP contribution in [0, 0.1) is 0 Å². The van der Waals surface area contributed by atoms with E-state index in [4.69, 9.17) is 5.11 Å². The van der Waals surface area contributed by atoms with Gasteiger partial charge in [-0.2, -0.15) is 10.2 Å². The Morgan fingerprint density at radius 1 is 1.25 bits per heavy atom. The van der Waals surface area contributed by atoms with Gasteiger partial charge >= 0.3 is 5.97 Å². The first-order valence-electron chi connectivity index (χ1n) is 9.11. The van der Waals surface area contributed by atoms with E-state index >= 15 is 0 Å². The van der Waals surface area contributed by atoms with Crippen LogP contribution in [0.25, 0.3) is 11.4 Å². The first kappa shape index (κ1) is 17.9. The van der Waals surface area contributed by atoms with Gasteiger partial charge in [-0.15, -0.1) is 0 Å². The second-order valence-corrected chi connectivity index (χ2v) is 6.78. The molecule has 9 heteroatoms. The SMILES string of the molecule is O=C(O)Cn1nccc1C1CCCN(C(=O)c2ccccc2-c2ncn[nH]2)C1. The monoisotopic (exact) mass is 380 g/mol. The lowest BCUT2D eigenvalue weighted by molar-refractivity contribution is -0.137. The number of carboxylic acids is 1. The molecule has 144 valence electrons. The van der Waals surface area contributed by atoms with E-state index in [1.54, 1.807) is 12.3 Å². The molecular weight excluding hydrogens is 360 g/mol. The highest BCUT2D eigenvalue weighted by Gasteiger charge is 2.29. The second kappa shape index (κ2) is 7.63. The zero-order valence-corrected chi connectivity index (χ0v) is 15.2. The van der Waals surface area contributed by atoms with E-state index < -0.39 is 5.97 Å².